The fourth-order valence-corrected chi connectivity index (χ4v) is 2.12. The Bertz CT molecular complexity index is 427. The van der Waals surface area contributed by atoms with Crippen LogP contribution in [0.15, 0.2) is 18.2 Å². The van der Waals surface area contributed by atoms with Crippen LogP contribution in [-0.2, 0) is 0 Å². The number of carbonyl (C=O) groups is 1. The van der Waals surface area contributed by atoms with Crippen LogP contribution in [0.1, 0.15) is 22.3 Å². The van der Waals surface area contributed by atoms with E-state index >= 15 is 0 Å². The SMILES string of the molecule is Cc1cc(C(=O)N(C)C2CCNC2)ccc1F. The third-order valence-electron chi connectivity index (χ3n) is 3.31. The Kier molecular flexibility index (Phi) is 3.43. The molecule has 1 N–H and O–H groups in total. The Hall–Kier alpha value is -1.42. The molecule has 1 atom stereocenters. The fourth-order valence-electron chi connectivity index (χ4n) is 2.12. The van der Waals surface area contributed by atoms with Crippen molar-refractivity contribution < 1.29 is 9.18 Å². The molecule has 0 aliphatic carbocycles. The number of carbonyl (C=O) groups excluding carboxylic acids is 1. The first-order valence-electron chi connectivity index (χ1n) is 5.83. The van der Waals surface area contributed by atoms with Gasteiger partial charge in [-0.05, 0) is 43.7 Å². The van der Waals surface area contributed by atoms with Gasteiger partial charge in [-0.3, -0.25) is 4.79 Å². The molecular formula is C13H17FN2O. The summed E-state index contributed by atoms with van der Waals surface area (Å²) in [5, 5.41) is 3.23. The highest BCUT2D eigenvalue weighted by molar-refractivity contribution is 5.94. The van der Waals surface area contributed by atoms with Gasteiger partial charge in [0.05, 0.1) is 0 Å². The minimum atomic E-state index is -0.272. The Labute approximate surface area is 101 Å². The molecule has 1 amide bonds. The summed E-state index contributed by atoms with van der Waals surface area (Å²) in [4.78, 5) is 13.9. The van der Waals surface area contributed by atoms with Gasteiger partial charge in [-0.1, -0.05) is 0 Å². The Morgan fingerprint density at radius 3 is 2.88 bits per heavy atom. The Morgan fingerprint density at radius 1 is 1.53 bits per heavy atom. The fraction of sp³-hybridized carbons (Fsp3) is 0.462. The molecule has 17 heavy (non-hydrogen) atoms. The average Bonchev–Trinajstić information content (AvgIpc) is 2.84. The van der Waals surface area contributed by atoms with Crippen LogP contribution in [0.3, 0.4) is 0 Å². The minimum absolute atomic E-state index is 0.0400. The molecule has 3 nitrogen and oxygen atoms in total. The standard InChI is InChI=1S/C13H17FN2O/c1-9-7-10(3-4-12(9)14)13(17)16(2)11-5-6-15-8-11/h3-4,7,11,15H,5-6,8H2,1-2H3. The summed E-state index contributed by atoms with van der Waals surface area (Å²) in [5.74, 6) is -0.312. The predicted octanol–water partition coefficient (Wildman–Crippen LogP) is 1.57. The second-order valence-electron chi connectivity index (χ2n) is 4.53. The van der Waals surface area contributed by atoms with Gasteiger partial charge >= 0.3 is 0 Å². The number of rotatable bonds is 2. The number of nitrogens with zero attached hydrogens (tertiary/aromatic N) is 1. The molecule has 92 valence electrons. The van der Waals surface area contributed by atoms with E-state index in [9.17, 15) is 9.18 Å². The van der Waals surface area contributed by atoms with E-state index in [1.54, 1.807) is 31.0 Å². The van der Waals surface area contributed by atoms with Crippen LogP contribution in [-0.4, -0.2) is 37.0 Å². The van der Waals surface area contributed by atoms with Crippen molar-refractivity contribution in [3.8, 4) is 0 Å². The first-order valence-corrected chi connectivity index (χ1v) is 5.83. The monoisotopic (exact) mass is 236 g/mol. The van der Waals surface area contributed by atoms with E-state index in [2.05, 4.69) is 5.32 Å². The quantitative estimate of drug-likeness (QED) is 0.845. The molecule has 1 unspecified atom stereocenters. The zero-order valence-electron chi connectivity index (χ0n) is 10.2. The number of likely N-dealkylation sites (N-methyl/N-ethyl adjacent to an activating group) is 1. The molecule has 0 spiro atoms. The van der Waals surface area contributed by atoms with E-state index in [1.165, 1.54) is 6.07 Å². The van der Waals surface area contributed by atoms with Gasteiger partial charge in [0.1, 0.15) is 5.82 Å². The van der Waals surface area contributed by atoms with E-state index in [1.807, 2.05) is 0 Å². The lowest BCUT2D eigenvalue weighted by Gasteiger charge is -2.24. The molecule has 1 aliphatic heterocycles. The first kappa shape index (κ1) is 12.0. The van der Waals surface area contributed by atoms with Crippen molar-refractivity contribution in [2.24, 2.45) is 0 Å². The van der Waals surface area contributed by atoms with E-state index in [4.69, 9.17) is 0 Å². The summed E-state index contributed by atoms with van der Waals surface area (Å²) in [6.45, 7) is 3.45. The van der Waals surface area contributed by atoms with Gasteiger partial charge in [0, 0.05) is 25.2 Å². The number of aryl methyl sites for hydroxylation is 1. The van der Waals surface area contributed by atoms with Crippen molar-refractivity contribution in [2.75, 3.05) is 20.1 Å². The topological polar surface area (TPSA) is 32.3 Å². The van der Waals surface area contributed by atoms with Crippen molar-refractivity contribution in [2.45, 2.75) is 19.4 Å². The van der Waals surface area contributed by atoms with Crippen LogP contribution in [0.4, 0.5) is 4.39 Å². The van der Waals surface area contributed by atoms with Crippen LogP contribution >= 0.6 is 0 Å². The maximum atomic E-state index is 13.1. The Morgan fingerprint density at radius 2 is 2.29 bits per heavy atom. The van der Waals surface area contributed by atoms with Crippen LogP contribution < -0.4 is 5.32 Å². The van der Waals surface area contributed by atoms with Gasteiger partial charge in [-0.25, -0.2) is 4.39 Å². The number of amides is 1. The lowest BCUT2D eigenvalue weighted by Crippen LogP contribution is -2.38. The molecule has 1 saturated heterocycles. The summed E-state index contributed by atoms with van der Waals surface area (Å²) in [6.07, 6.45) is 0.975. The molecule has 2 rings (SSSR count). The molecule has 0 radical (unpaired) electrons. The molecule has 1 fully saturated rings. The summed E-state index contributed by atoms with van der Waals surface area (Å²) < 4.78 is 13.1. The minimum Gasteiger partial charge on any atom is -0.337 e. The van der Waals surface area contributed by atoms with Crippen LogP contribution in [0, 0.1) is 12.7 Å². The number of hydrogen-bond donors (Lipinski definition) is 1. The first-order chi connectivity index (χ1) is 8.09. The van der Waals surface area contributed by atoms with Crippen molar-refractivity contribution in [3.63, 3.8) is 0 Å². The maximum Gasteiger partial charge on any atom is 0.253 e. The molecule has 1 aromatic rings. The number of halogens is 1. The zero-order valence-corrected chi connectivity index (χ0v) is 10.2. The van der Waals surface area contributed by atoms with E-state index in [0.29, 0.717) is 11.1 Å². The van der Waals surface area contributed by atoms with Gasteiger partial charge in [-0.2, -0.15) is 0 Å². The third-order valence-corrected chi connectivity index (χ3v) is 3.31. The summed E-state index contributed by atoms with van der Waals surface area (Å²) in [7, 11) is 1.80. The number of nitrogens with one attached hydrogen (secondary N) is 1. The normalized spacial score (nSPS) is 19.4. The van der Waals surface area contributed by atoms with Gasteiger partial charge < -0.3 is 10.2 Å². The van der Waals surface area contributed by atoms with Crippen molar-refractivity contribution in [1.29, 1.82) is 0 Å². The summed E-state index contributed by atoms with van der Waals surface area (Å²) >= 11 is 0. The van der Waals surface area contributed by atoms with Crippen LogP contribution in [0.2, 0.25) is 0 Å². The van der Waals surface area contributed by atoms with Crippen molar-refractivity contribution in [1.82, 2.24) is 10.2 Å². The van der Waals surface area contributed by atoms with Gasteiger partial charge in [-0.15, -0.1) is 0 Å². The van der Waals surface area contributed by atoms with Gasteiger partial charge in [0.25, 0.3) is 5.91 Å². The molecule has 1 aromatic carbocycles. The van der Waals surface area contributed by atoms with E-state index < -0.39 is 0 Å². The highest BCUT2D eigenvalue weighted by Gasteiger charge is 2.24. The molecule has 1 heterocycles. The highest BCUT2D eigenvalue weighted by Crippen LogP contribution is 2.14. The predicted molar refractivity (Wildman–Crippen MR) is 64.5 cm³/mol. The third kappa shape index (κ3) is 2.47. The largest absolute Gasteiger partial charge is 0.337 e. The highest BCUT2D eigenvalue weighted by atomic mass is 19.1. The van der Waals surface area contributed by atoms with Crippen LogP contribution in [0.5, 0.6) is 0 Å². The average molecular weight is 236 g/mol. The van der Waals surface area contributed by atoms with E-state index in [0.717, 1.165) is 19.5 Å². The number of benzene rings is 1. The summed E-state index contributed by atoms with van der Waals surface area (Å²) in [5.41, 5.74) is 1.06. The summed E-state index contributed by atoms with van der Waals surface area (Å²) in [6, 6.07) is 4.75. The van der Waals surface area contributed by atoms with Crippen LogP contribution in [0.25, 0.3) is 0 Å². The molecule has 4 heteroatoms. The lowest BCUT2D eigenvalue weighted by molar-refractivity contribution is 0.0743. The van der Waals surface area contributed by atoms with Crippen molar-refractivity contribution in [3.05, 3.63) is 35.1 Å². The molecule has 0 saturated carbocycles. The number of hydrogen-bond acceptors (Lipinski definition) is 2. The molecule has 0 bridgehead atoms. The zero-order chi connectivity index (χ0) is 12.4. The Balaban J connectivity index is 2.15. The lowest BCUT2D eigenvalue weighted by atomic mass is 10.1. The smallest absolute Gasteiger partial charge is 0.253 e. The molecule has 1 aliphatic rings. The maximum absolute atomic E-state index is 13.1. The van der Waals surface area contributed by atoms with Crippen molar-refractivity contribution >= 4 is 5.91 Å². The van der Waals surface area contributed by atoms with Gasteiger partial charge in [0.15, 0.2) is 0 Å². The second kappa shape index (κ2) is 4.84. The van der Waals surface area contributed by atoms with Gasteiger partial charge in [0.2, 0.25) is 0 Å². The van der Waals surface area contributed by atoms with E-state index in [-0.39, 0.29) is 17.8 Å². The molecular weight excluding hydrogens is 219 g/mol. The second-order valence-corrected chi connectivity index (χ2v) is 4.53. The molecule has 0 aromatic heterocycles.